The first-order valence-corrected chi connectivity index (χ1v) is 11.5. The molecule has 0 aliphatic carbocycles. The van der Waals surface area contributed by atoms with Gasteiger partial charge in [0, 0.05) is 68.9 Å². The number of rotatable bonds is 7. The number of anilines is 2. The highest BCUT2D eigenvalue weighted by atomic mass is 19.1. The number of fused-ring (bicyclic) bond motifs is 2. The molecule has 9 nitrogen and oxygen atoms in total. The maximum absolute atomic E-state index is 14.5. The Balaban J connectivity index is 1.52. The van der Waals surface area contributed by atoms with Gasteiger partial charge >= 0.3 is 0 Å². The van der Waals surface area contributed by atoms with Crippen molar-refractivity contribution in [3.8, 4) is 5.88 Å². The zero-order valence-electron chi connectivity index (χ0n) is 19.7. The molecule has 1 aliphatic rings. The van der Waals surface area contributed by atoms with Gasteiger partial charge in [0.25, 0.3) is 5.91 Å². The minimum Gasteiger partial charge on any atom is -0.475 e. The predicted molar refractivity (Wildman–Crippen MR) is 132 cm³/mol. The van der Waals surface area contributed by atoms with Crippen molar-refractivity contribution in [2.24, 2.45) is 0 Å². The Morgan fingerprint density at radius 3 is 2.77 bits per heavy atom. The Labute approximate surface area is 201 Å². The maximum Gasteiger partial charge on any atom is 0.257 e. The molecule has 0 radical (unpaired) electrons. The van der Waals surface area contributed by atoms with Gasteiger partial charge in [0.15, 0.2) is 11.5 Å². The molecule has 4 heterocycles. The van der Waals surface area contributed by atoms with Crippen molar-refractivity contribution in [3.63, 3.8) is 0 Å². The number of hydrogen-bond acceptors (Lipinski definition) is 7. The van der Waals surface area contributed by atoms with Crippen LogP contribution in [0, 0.1) is 12.7 Å². The Morgan fingerprint density at radius 2 is 1.97 bits per heavy atom. The number of nitrogens with zero attached hydrogens (tertiary/aromatic N) is 4. The van der Waals surface area contributed by atoms with Crippen LogP contribution in [-0.4, -0.2) is 66.8 Å². The van der Waals surface area contributed by atoms with Crippen LogP contribution in [-0.2, 0) is 4.74 Å². The van der Waals surface area contributed by atoms with E-state index in [0.717, 1.165) is 37.3 Å². The Bertz CT molecular complexity index is 1380. The summed E-state index contributed by atoms with van der Waals surface area (Å²) in [7, 11) is 1.60. The summed E-state index contributed by atoms with van der Waals surface area (Å²) in [5.74, 6) is -0.497. The quantitative estimate of drug-likeness (QED) is 0.395. The lowest BCUT2D eigenvalue weighted by molar-refractivity contribution is 0.102. The average molecular weight is 479 g/mol. The first kappa shape index (κ1) is 23.0. The molecule has 1 aliphatic heterocycles. The van der Waals surface area contributed by atoms with Crippen LogP contribution >= 0.6 is 0 Å². The van der Waals surface area contributed by atoms with Crippen LogP contribution in [0.3, 0.4) is 0 Å². The van der Waals surface area contributed by atoms with Crippen molar-refractivity contribution in [1.29, 1.82) is 0 Å². The summed E-state index contributed by atoms with van der Waals surface area (Å²) in [6.07, 6.45) is 3.34. The molecule has 1 aromatic carbocycles. The number of pyridine rings is 2. The zero-order chi connectivity index (χ0) is 24.4. The van der Waals surface area contributed by atoms with Crippen molar-refractivity contribution in [2.45, 2.75) is 6.92 Å². The van der Waals surface area contributed by atoms with Gasteiger partial charge in [-0.25, -0.2) is 14.4 Å². The van der Waals surface area contributed by atoms with Crippen molar-refractivity contribution in [1.82, 2.24) is 19.7 Å². The van der Waals surface area contributed by atoms with Gasteiger partial charge in [-0.05, 0) is 25.1 Å². The second kappa shape index (κ2) is 9.85. The smallest absolute Gasteiger partial charge is 0.257 e. The third-order valence-electron chi connectivity index (χ3n) is 5.93. The van der Waals surface area contributed by atoms with Crippen LogP contribution in [0.1, 0.15) is 16.1 Å². The summed E-state index contributed by atoms with van der Waals surface area (Å²) in [6.45, 7) is 6.04. The van der Waals surface area contributed by atoms with E-state index in [4.69, 9.17) is 9.47 Å². The summed E-state index contributed by atoms with van der Waals surface area (Å²) in [5, 5.41) is 7.02. The lowest BCUT2D eigenvalue weighted by Crippen LogP contribution is -2.43. The molecule has 1 saturated heterocycles. The minimum atomic E-state index is -0.512. The van der Waals surface area contributed by atoms with Gasteiger partial charge in [0.05, 0.1) is 29.1 Å². The fourth-order valence-electron chi connectivity index (χ4n) is 4.31. The number of aromatic nitrogens is 3. The summed E-state index contributed by atoms with van der Waals surface area (Å²) < 4.78 is 26.9. The fourth-order valence-corrected chi connectivity index (χ4v) is 4.31. The third kappa shape index (κ3) is 4.75. The van der Waals surface area contributed by atoms with Gasteiger partial charge in [-0.2, -0.15) is 0 Å². The van der Waals surface area contributed by atoms with E-state index in [2.05, 4.69) is 25.5 Å². The number of piperazine rings is 1. The van der Waals surface area contributed by atoms with E-state index in [1.54, 1.807) is 43.0 Å². The summed E-state index contributed by atoms with van der Waals surface area (Å²) in [4.78, 5) is 24.5. The molecule has 0 spiro atoms. The molecule has 3 aromatic heterocycles. The average Bonchev–Trinajstić information content (AvgIpc) is 3.24. The van der Waals surface area contributed by atoms with Crippen molar-refractivity contribution >= 4 is 33.8 Å². The molecular formula is C25H27FN6O3. The number of imidazole rings is 1. The minimum absolute atomic E-state index is 0.214. The Morgan fingerprint density at radius 1 is 1.14 bits per heavy atom. The number of carbonyl (C=O) groups excluding carboxylic acids is 1. The largest absolute Gasteiger partial charge is 0.475 e. The highest BCUT2D eigenvalue weighted by Crippen LogP contribution is 2.31. The number of nitrogens with one attached hydrogen (secondary N) is 2. The molecule has 0 bridgehead atoms. The second-order valence-electron chi connectivity index (χ2n) is 8.40. The van der Waals surface area contributed by atoms with Gasteiger partial charge < -0.3 is 29.4 Å². The van der Waals surface area contributed by atoms with E-state index in [0.29, 0.717) is 41.6 Å². The number of aryl methyl sites for hydroxylation is 1. The number of amides is 1. The first-order valence-electron chi connectivity index (χ1n) is 11.5. The monoisotopic (exact) mass is 478 g/mol. The summed E-state index contributed by atoms with van der Waals surface area (Å²) >= 11 is 0. The van der Waals surface area contributed by atoms with E-state index in [9.17, 15) is 9.18 Å². The molecule has 182 valence electrons. The topological polar surface area (TPSA) is 93.0 Å². The lowest BCUT2D eigenvalue weighted by atomic mass is 10.1. The van der Waals surface area contributed by atoms with Crippen LogP contribution in [0.15, 0.2) is 42.7 Å². The highest BCUT2D eigenvalue weighted by molar-refractivity contribution is 6.14. The highest BCUT2D eigenvalue weighted by Gasteiger charge is 2.20. The molecule has 1 fully saturated rings. The predicted octanol–water partition coefficient (Wildman–Crippen LogP) is 3.02. The van der Waals surface area contributed by atoms with E-state index >= 15 is 0 Å². The van der Waals surface area contributed by atoms with Gasteiger partial charge in [-0.1, -0.05) is 0 Å². The summed E-state index contributed by atoms with van der Waals surface area (Å²) in [6, 6.07) is 8.70. The van der Waals surface area contributed by atoms with Crippen LogP contribution in [0.2, 0.25) is 0 Å². The van der Waals surface area contributed by atoms with Crippen LogP contribution in [0.25, 0.3) is 16.6 Å². The second-order valence-corrected chi connectivity index (χ2v) is 8.40. The van der Waals surface area contributed by atoms with Crippen LogP contribution in [0.5, 0.6) is 5.88 Å². The molecule has 4 aromatic rings. The van der Waals surface area contributed by atoms with E-state index in [1.165, 1.54) is 6.07 Å². The number of methoxy groups -OCH3 is 1. The standard InChI is InChI=1S/C25H27FN6O3/c1-16-14-32-15-17(13-20(26)24(32)28-16)29-25(33)19-3-5-21(31-9-7-27-8-10-31)18-4-6-22(30-23(18)19)35-12-11-34-2/h3-6,13-15,27H,7-12H2,1-2H3,(H,29,33). The molecule has 0 atom stereocenters. The van der Waals surface area contributed by atoms with E-state index in [-0.39, 0.29) is 11.6 Å². The van der Waals surface area contributed by atoms with Gasteiger partial charge in [-0.15, -0.1) is 0 Å². The molecule has 0 saturated carbocycles. The van der Waals surface area contributed by atoms with Crippen LogP contribution in [0.4, 0.5) is 15.8 Å². The molecule has 5 rings (SSSR count). The number of benzene rings is 1. The van der Waals surface area contributed by atoms with Gasteiger partial charge in [-0.3, -0.25) is 4.79 Å². The number of ether oxygens (including phenoxy) is 2. The molecule has 10 heteroatoms. The van der Waals surface area contributed by atoms with E-state index in [1.807, 2.05) is 12.1 Å². The number of hydrogen-bond donors (Lipinski definition) is 2. The zero-order valence-corrected chi connectivity index (χ0v) is 19.7. The lowest BCUT2D eigenvalue weighted by Gasteiger charge is -2.30. The Hall–Kier alpha value is -3.76. The number of halogens is 1. The summed E-state index contributed by atoms with van der Waals surface area (Å²) in [5.41, 5.74) is 3.13. The molecular weight excluding hydrogens is 451 g/mol. The molecule has 35 heavy (non-hydrogen) atoms. The van der Waals surface area contributed by atoms with Crippen molar-refractivity contribution in [2.75, 3.05) is 56.7 Å². The molecule has 0 unspecified atom stereocenters. The van der Waals surface area contributed by atoms with Crippen molar-refractivity contribution < 1.29 is 18.7 Å². The van der Waals surface area contributed by atoms with Crippen LogP contribution < -0.4 is 20.3 Å². The molecule has 2 N–H and O–H groups in total. The number of carbonyl (C=O) groups is 1. The van der Waals surface area contributed by atoms with E-state index < -0.39 is 5.82 Å². The fraction of sp³-hybridized carbons (Fsp3) is 0.320. The van der Waals surface area contributed by atoms with Crippen molar-refractivity contribution in [3.05, 3.63) is 59.8 Å². The normalized spacial score (nSPS) is 14.0. The first-order chi connectivity index (χ1) is 17.0. The maximum atomic E-state index is 14.5. The van der Waals surface area contributed by atoms with Gasteiger partial charge in [0.1, 0.15) is 6.61 Å². The SMILES string of the molecule is COCCOc1ccc2c(N3CCNCC3)ccc(C(=O)Nc3cc(F)c4nc(C)cn4c3)c2n1. The molecule has 1 amide bonds. The third-order valence-corrected chi connectivity index (χ3v) is 5.93. The Kier molecular flexibility index (Phi) is 6.47. The van der Waals surface area contributed by atoms with Gasteiger partial charge in [0.2, 0.25) is 5.88 Å².